The van der Waals surface area contributed by atoms with Gasteiger partial charge < -0.3 is 0 Å². The minimum absolute atomic E-state index is 0.903. The second-order valence-electron chi connectivity index (χ2n) is 9.68. The molecule has 176 valence electrons. The van der Waals surface area contributed by atoms with Crippen molar-refractivity contribution >= 4 is 0 Å². The van der Waals surface area contributed by atoms with Crippen molar-refractivity contribution in [3.63, 3.8) is 0 Å². The van der Waals surface area contributed by atoms with E-state index in [2.05, 4.69) is 83.1 Å². The predicted octanol–water partition coefficient (Wildman–Crippen LogP) is 11.3. The van der Waals surface area contributed by atoms with Crippen LogP contribution in [0, 0.1) is 23.7 Å². The molecule has 0 aromatic rings. The lowest BCUT2D eigenvalue weighted by molar-refractivity contribution is 0.509. The Bertz CT molecular complexity index is 192. The van der Waals surface area contributed by atoms with E-state index in [1.165, 1.54) is 77.0 Å². The fourth-order valence-electron chi connectivity index (χ4n) is 2.62. The van der Waals surface area contributed by atoms with Gasteiger partial charge in [-0.1, -0.05) is 160 Å². The van der Waals surface area contributed by atoms with E-state index in [1.807, 2.05) is 0 Å². The molecule has 0 heteroatoms. The largest absolute Gasteiger partial charge is 0.0654 e. The molecule has 0 aromatic heterocycles. The first-order valence-corrected chi connectivity index (χ1v) is 13.2. The van der Waals surface area contributed by atoms with Crippen LogP contribution < -0.4 is 0 Å². The van der Waals surface area contributed by atoms with Crippen molar-refractivity contribution in [1.29, 1.82) is 0 Å². The maximum absolute atomic E-state index is 2.31. The molecule has 0 saturated carbocycles. The summed E-state index contributed by atoms with van der Waals surface area (Å²) in [6, 6.07) is 0. The van der Waals surface area contributed by atoms with Crippen LogP contribution in [-0.2, 0) is 0 Å². The van der Waals surface area contributed by atoms with E-state index in [0.717, 1.165) is 23.7 Å². The molecule has 0 aromatic carbocycles. The van der Waals surface area contributed by atoms with Crippen LogP contribution in [0.3, 0.4) is 0 Å². The summed E-state index contributed by atoms with van der Waals surface area (Å²) in [5.41, 5.74) is 0. The van der Waals surface area contributed by atoms with Gasteiger partial charge in [-0.2, -0.15) is 0 Å². The molecule has 0 aliphatic rings. The van der Waals surface area contributed by atoms with Crippen molar-refractivity contribution in [2.45, 2.75) is 160 Å². The summed E-state index contributed by atoms with van der Waals surface area (Å²) in [5, 5.41) is 0. The highest BCUT2D eigenvalue weighted by molar-refractivity contribution is 4.46. The zero-order chi connectivity index (χ0) is 22.8. The van der Waals surface area contributed by atoms with Crippen molar-refractivity contribution < 1.29 is 0 Å². The molecule has 0 bridgehead atoms. The standard InChI is InChI=1S/4C7H16/c2*1-4-5-6-7(2)3;2*1-4-6-7(3)5-2/h4*7H,4-6H2,1-3H3. The minimum Gasteiger partial charge on any atom is -0.0654 e. The van der Waals surface area contributed by atoms with Crippen LogP contribution in [-0.4, -0.2) is 0 Å². The first kappa shape index (κ1) is 35.4. The van der Waals surface area contributed by atoms with E-state index in [0.29, 0.717) is 0 Å². The normalized spacial score (nSPS) is 12.2. The maximum Gasteiger partial charge on any atom is -0.0446 e. The van der Waals surface area contributed by atoms with Gasteiger partial charge in [0.05, 0.1) is 0 Å². The van der Waals surface area contributed by atoms with Gasteiger partial charge >= 0.3 is 0 Å². The van der Waals surface area contributed by atoms with Crippen LogP contribution in [0.2, 0.25) is 0 Å². The Morgan fingerprint density at radius 3 is 0.750 bits per heavy atom. The Hall–Kier alpha value is 0. The summed E-state index contributed by atoms with van der Waals surface area (Å²) in [6.07, 6.45) is 16.5. The van der Waals surface area contributed by atoms with Crippen LogP contribution in [0.1, 0.15) is 160 Å². The monoisotopic (exact) mass is 401 g/mol. The summed E-state index contributed by atoms with van der Waals surface area (Å²) in [7, 11) is 0. The Kier molecular flexibility index (Phi) is 40.1. The highest BCUT2D eigenvalue weighted by Crippen LogP contribution is 2.08. The predicted molar refractivity (Wildman–Crippen MR) is 137 cm³/mol. The zero-order valence-electron chi connectivity index (χ0n) is 22.8. The molecule has 0 nitrogen and oxygen atoms in total. The summed E-state index contributed by atoms with van der Waals surface area (Å²) in [6.45, 7) is 27.2. The Balaban J connectivity index is -0.000000137. The van der Waals surface area contributed by atoms with E-state index in [1.54, 1.807) is 0 Å². The Morgan fingerprint density at radius 1 is 0.393 bits per heavy atom. The molecule has 0 spiro atoms. The summed E-state index contributed by atoms with van der Waals surface area (Å²) in [4.78, 5) is 0. The number of rotatable bonds is 12. The fourth-order valence-corrected chi connectivity index (χ4v) is 2.62. The molecule has 28 heavy (non-hydrogen) atoms. The van der Waals surface area contributed by atoms with Gasteiger partial charge in [-0.05, 0) is 23.7 Å². The van der Waals surface area contributed by atoms with E-state index >= 15 is 0 Å². The lowest BCUT2D eigenvalue weighted by Crippen LogP contribution is -1.88. The Labute approximate surface area is 184 Å². The molecule has 2 atom stereocenters. The van der Waals surface area contributed by atoms with Gasteiger partial charge in [-0.3, -0.25) is 0 Å². The van der Waals surface area contributed by atoms with E-state index in [9.17, 15) is 0 Å². The van der Waals surface area contributed by atoms with Crippen LogP contribution in [0.15, 0.2) is 0 Å². The second-order valence-corrected chi connectivity index (χ2v) is 9.68. The van der Waals surface area contributed by atoms with Crippen molar-refractivity contribution in [3.8, 4) is 0 Å². The van der Waals surface area contributed by atoms with Crippen LogP contribution in [0.25, 0.3) is 0 Å². The van der Waals surface area contributed by atoms with Crippen molar-refractivity contribution in [2.75, 3.05) is 0 Å². The molecule has 0 aliphatic carbocycles. The van der Waals surface area contributed by atoms with Crippen LogP contribution >= 0.6 is 0 Å². The van der Waals surface area contributed by atoms with Crippen LogP contribution in [0.5, 0.6) is 0 Å². The van der Waals surface area contributed by atoms with E-state index in [-0.39, 0.29) is 0 Å². The summed E-state index contributed by atoms with van der Waals surface area (Å²) in [5.74, 6) is 3.70. The zero-order valence-corrected chi connectivity index (χ0v) is 22.8. The summed E-state index contributed by atoms with van der Waals surface area (Å²) >= 11 is 0. The lowest BCUT2D eigenvalue weighted by atomic mass is 10.0. The van der Waals surface area contributed by atoms with Crippen molar-refractivity contribution in [1.82, 2.24) is 0 Å². The van der Waals surface area contributed by atoms with E-state index < -0.39 is 0 Å². The highest BCUT2D eigenvalue weighted by atomic mass is 14.0. The van der Waals surface area contributed by atoms with Crippen molar-refractivity contribution in [3.05, 3.63) is 0 Å². The third kappa shape index (κ3) is 50.2. The first-order chi connectivity index (χ1) is 13.2. The lowest BCUT2D eigenvalue weighted by Gasteiger charge is -2.02. The number of unbranched alkanes of at least 4 members (excludes halogenated alkanes) is 2. The number of hydrogen-bond donors (Lipinski definition) is 0. The van der Waals surface area contributed by atoms with Gasteiger partial charge in [0.2, 0.25) is 0 Å². The first-order valence-electron chi connectivity index (χ1n) is 13.2. The molecule has 0 N–H and O–H groups in total. The molecule has 0 rings (SSSR count). The topological polar surface area (TPSA) is 0 Å². The molecular formula is C28H64. The molecule has 0 radical (unpaired) electrons. The maximum atomic E-state index is 2.31. The smallest absolute Gasteiger partial charge is 0.0446 e. The third-order valence-corrected chi connectivity index (χ3v) is 5.23. The molecular weight excluding hydrogens is 336 g/mol. The number of hydrogen-bond acceptors (Lipinski definition) is 0. The summed E-state index contributed by atoms with van der Waals surface area (Å²) < 4.78 is 0. The van der Waals surface area contributed by atoms with Gasteiger partial charge in [0, 0.05) is 0 Å². The van der Waals surface area contributed by atoms with Gasteiger partial charge in [0.15, 0.2) is 0 Å². The SMILES string of the molecule is CCCC(C)CC.CCCC(C)CC.CCCCC(C)C.CCCCC(C)C. The quantitative estimate of drug-likeness (QED) is 0.305. The molecule has 0 heterocycles. The molecule has 0 saturated heterocycles. The molecule has 0 fully saturated rings. The average Bonchev–Trinajstić information content (AvgIpc) is 2.66. The third-order valence-electron chi connectivity index (χ3n) is 5.23. The van der Waals surface area contributed by atoms with Gasteiger partial charge in [0.1, 0.15) is 0 Å². The van der Waals surface area contributed by atoms with Gasteiger partial charge in [-0.15, -0.1) is 0 Å². The van der Waals surface area contributed by atoms with Crippen LogP contribution in [0.4, 0.5) is 0 Å². The van der Waals surface area contributed by atoms with E-state index in [4.69, 9.17) is 0 Å². The highest BCUT2D eigenvalue weighted by Gasteiger charge is 1.93. The average molecular weight is 401 g/mol. The fraction of sp³-hybridized carbons (Fsp3) is 1.00. The second kappa shape index (κ2) is 31.7. The van der Waals surface area contributed by atoms with Gasteiger partial charge in [-0.25, -0.2) is 0 Å². The van der Waals surface area contributed by atoms with Gasteiger partial charge in [0.25, 0.3) is 0 Å². The minimum atomic E-state index is 0.903. The molecule has 0 aliphatic heterocycles. The van der Waals surface area contributed by atoms with Crippen molar-refractivity contribution in [2.24, 2.45) is 23.7 Å². The molecule has 0 amide bonds. The molecule has 2 unspecified atom stereocenters. The Morgan fingerprint density at radius 2 is 0.679 bits per heavy atom.